The first-order valence-electron chi connectivity index (χ1n) is 7.35. The monoisotopic (exact) mass is 367 g/mol. The maximum atomic E-state index is 13.7. The molecule has 0 radical (unpaired) electrons. The molecule has 0 saturated heterocycles. The van der Waals surface area contributed by atoms with Gasteiger partial charge in [0.05, 0.1) is 0 Å². The molecule has 0 fully saturated rings. The second kappa shape index (κ2) is 6.21. The second-order valence-electron chi connectivity index (χ2n) is 5.82. The summed E-state index contributed by atoms with van der Waals surface area (Å²) < 4.78 is 58.9. The third-order valence-electron chi connectivity index (χ3n) is 3.75. The number of furan rings is 1. The molecule has 132 valence electrons. The van der Waals surface area contributed by atoms with Crippen LogP contribution in [-0.4, -0.2) is 20.1 Å². The van der Waals surface area contributed by atoms with Gasteiger partial charge < -0.3 is 9.52 Å². The minimum atomic E-state index is -4.35. The van der Waals surface area contributed by atoms with E-state index in [1.54, 1.807) is 30.3 Å². The van der Waals surface area contributed by atoms with Gasteiger partial charge in [-0.15, -0.1) is 0 Å². The van der Waals surface area contributed by atoms with Crippen LogP contribution in [0.2, 0.25) is 0 Å². The fourth-order valence-corrected chi connectivity index (χ4v) is 3.55. The van der Waals surface area contributed by atoms with Crippen LogP contribution in [0.3, 0.4) is 0 Å². The van der Waals surface area contributed by atoms with Crippen molar-refractivity contribution in [3.63, 3.8) is 0 Å². The van der Waals surface area contributed by atoms with Gasteiger partial charge in [0.2, 0.25) is 10.0 Å². The van der Waals surface area contributed by atoms with Crippen molar-refractivity contribution in [3.8, 4) is 0 Å². The summed E-state index contributed by atoms with van der Waals surface area (Å²) in [6.45, 7) is 0.875. The average Bonchev–Trinajstić information content (AvgIpc) is 3.00. The largest absolute Gasteiger partial charge is 0.458 e. The molecular weight excluding hydrogens is 352 g/mol. The Labute approximate surface area is 142 Å². The number of aliphatic hydroxyl groups is 1. The van der Waals surface area contributed by atoms with Crippen molar-refractivity contribution in [2.75, 3.05) is 6.54 Å². The molecule has 0 aliphatic carbocycles. The Bertz CT molecular complexity index is 995. The van der Waals surface area contributed by atoms with E-state index < -0.39 is 38.7 Å². The molecule has 8 heteroatoms. The van der Waals surface area contributed by atoms with Gasteiger partial charge in [0.1, 0.15) is 33.5 Å². The van der Waals surface area contributed by atoms with E-state index in [1.165, 1.54) is 6.92 Å². The lowest BCUT2D eigenvalue weighted by Gasteiger charge is -2.21. The Hall–Kier alpha value is -2.29. The second-order valence-corrected chi connectivity index (χ2v) is 7.56. The molecule has 0 bridgehead atoms. The van der Waals surface area contributed by atoms with Crippen LogP contribution in [0.4, 0.5) is 8.78 Å². The molecule has 3 rings (SSSR count). The minimum Gasteiger partial charge on any atom is -0.458 e. The highest BCUT2D eigenvalue weighted by molar-refractivity contribution is 7.89. The lowest BCUT2D eigenvalue weighted by atomic mass is 10.0. The number of halogens is 2. The Balaban J connectivity index is 1.84. The summed E-state index contributed by atoms with van der Waals surface area (Å²) in [5.74, 6) is -1.82. The highest BCUT2D eigenvalue weighted by Crippen LogP contribution is 2.28. The fraction of sp³-hybridized carbons (Fsp3) is 0.176. The van der Waals surface area contributed by atoms with Crippen molar-refractivity contribution in [2.24, 2.45) is 0 Å². The van der Waals surface area contributed by atoms with Gasteiger partial charge in [-0.25, -0.2) is 21.9 Å². The van der Waals surface area contributed by atoms with Crippen molar-refractivity contribution in [2.45, 2.75) is 17.4 Å². The smallest absolute Gasteiger partial charge is 0.243 e. The normalized spacial score (nSPS) is 14.6. The third kappa shape index (κ3) is 3.55. The maximum Gasteiger partial charge on any atom is 0.243 e. The van der Waals surface area contributed by atoms with Crippen LogP contribution < -0.4 is 4.72 Å². The quantitative estimate of drug-likeness (QED) is 0.727. The number of hydrogen-bond acceptors (Lipinski definition) is 4. The van der Waals surface area contributed by atoms with E-state index in [0.717, 1.165) is 17.5 Å². The van der Waals surface area contributed by atoms with Crippen LogP contribution >= 0.6 is 0 Å². The average molecular weight is 367 g/mol. The van der Waals surface area contributed by atoms with E-state index in [9.17, 15) is 22.3 Å². The summed E-state index contributed by atoms with van der Waals surface area (Å²) in [6.07, 6.45) is 0. The van der Waals surface area contributed by atoms with Gasteiger partial charge in [0, 0.05) is 11.9 Å². The molecule has 0 aliphatic heterocycles. The summed E-state index contributed by atoms with van der Waals surface area (Å²) in [6, 6.07) is 10.8. The summed E-state index contributed by atoms with van der Waals surface area (Å²) >= 11 is 0. The third-order valence-corrected chi connectivity index (χ3v) is 5.16. The molecule has 25 heavy (non-hydrogen) atoms. The molecule has 0 aliphatic rings. The Morgan fingerprint density at radius 3 is 2.60 bits per heavy atom. The van der Waals surface area contributed by atoms with Crippen molar-refractivity contribution in [1.82, 2.24) is 4.72 Å². The number of fused-ring (bicyclic) bond motifs is 1. The predicted molar refractivity (Wildman–Crippen MR) is 87.3 cm³/mol. The molecule has 3 aromatic rings. The molecule has 0 spiro atoms. The van der Waals surface area contributed by atoms with Crippen molar-refractivity contribution in [3.05, 3.63) is 65.9 Å². The van der Waals surface area contributed by atoms with E-state index in [2.05, 4.69) is 4.72 Å². The van der Waals surface area contributed by atoms with E-state index in [-0.39, 0.29) is 5.76 Å². The van der Waals surface area contributed by atoms with Crippen LogP contribution in [0.5, 0.6) is 0 Å². The lowest BCUT2D eigenvalue weighted by Crippen LogP contribution is -2.38. The standard InChI is InChI=1S/C17H15F2NO4S/c1-17(21,16-8-11-4-2-3-5-14(11)24-16)10-20-25(22,23)15-9-12(18)6-7-13(15)19/h2-9,20-21H,10H2,1H3. The molecule has 0 amide bonds. The lowest BCUT2D eigenvalue weighted by molar-refractivity contribution is 0.0411. The first-order chi connectivity index (χ1) is 11.7. The minimum absolute atomic E-state index is 0.149. The fourth-order valence-electron chi connectivity index (χ4n) is 2.33. The molecule has 2 N–H and O–H groups in total. The van der Waals surface area contributed by atoms with Gasteiger partial charge in [-0.05, 0) is 37.3 Å². The van der Waals surface area contributed by atoms with Gasteiger partial charge >= 0.3 is 0 Å². The van der Waals surface area contributed by atoms with Crippen LogP contribution in [0.1, 0.15) is 12.7 Å². The van der Waals surface area contributed by atoms with Crippen LogP contribution in [-0.2, 0) is 15.6 Å². The molecule has 0 saturated carbocycles. The zero-order valence-corrected chi connectivity index (χ0v) is 14.0. The zero-order chi connectivity index (χ0) is 18.2. The van der Waals surface area contributed by atoms with Crippen molar-refractivity contribution >= 4 is 21.0 Å². The first-order valence-corrected chi connectivity index (χ1v) is 8.83. The molecule has 1 atom stereocenters. The Kier molecular flexibility index (Phi) is 4.36. The Morgan fingerprint density at radius 1 is 1.16 bits per heavy atom. The Morgan fingerprint density at radius 2 is 1.88 bits per heavy atom. The molecule has 2 aromatic carbocycles. The number of hydrogen-bond donors (Lipinski definition) is 2. The van der Waals surface area contributed by atoms with Crippen LogP contribution in [0.15, 0.2) is 57.8 Å². The predicted octanol–water partition coefficient (Wildman–Crippen LogP) is 2.90. The topological polar surface area (TPSA) is 79.5 Å². The van der Waals surface area contributed by atoms with E-state index >= 15 is 0 Å². The molecule has 1 unspecified atom stereocenters. The zero-order valence-electron chi connectivity index (χ0n) is 13.2. The molecule has 1 heterocycles. The van der Waals surface area contributed by atoms with Crippen molar-refractivity contribution in [1.29, 1.82) is 0 Å². The molecule has 1 aromatic heterocycles. The summed E-state index contributed by atoms with van der Waals surface area (Å²) in [5, 5.41) is 11.3. The number of nitrogens with one attached hydrogen (secondary N) is 1. The SMILES string of the molecule is CC(O)(CNS(=O)(=O)c1cc(F)ccc1F)c1cc2ccccc2o1. The van der Waals surface area contributed by atoms with Gasteiger partial charge in [-0.3, -0.25) is 0 Å². The number of sulfonamides is 1. The first kappa shape index (κ1) is 17.5. The van der Waals surface area contributed by atoms with E-state index in [4.69, 9.17) is 4.42 Å². The van der Waals surface area contributed by atoms with E-state index in [0.29, 0.717) is 11.6 Å². The van der Waals surface area contributed by atoms with E-state index in [1.807, 2.05) is 0 Å². The van der Waals surface area contributed by atoms with Gasteiger partial charge in [0.25, 0.3) is 0 Å². The summed E-state index contributed by atoms with van der Waals surface area (Å²) in [7, 11) is -4.35. The number of rotatable bonds is 5. The molecule has 5 nitrogen and oxygen atoms in total. The highest BCUT2D eigenvalue weighted by atomic mass is 32.2. The number of benzene rings is 2. The van der Waals surface area contributed by atoms with Crippen molar-refractivity contribution < 1.29 is 26.7 Å². The number of para-hydroxylation sites is 1. The summed E-state index contributed by atoms with van der Waals surface area (Å²) in [5.41, 5.74) is -1.15. The summed E-state index contributed by atoms with van der Waals surface area (Å²) in [4.78, 5) is -0.826. The van der Waals surface area contributed by atoms with Gasteiger partial charge in [-0.2, -0.15) is 0 Å². The van der Waals surface area contributed by atoms with Crippen LogP contribution in [0, 0.1) is 11.6 Å². The van der Waals surface area contributed by atoms with Gasteiger partial charge in [0.15, 0.2) is 0 Å². The molecular formula is C17H15F2NO4S. The van der Waals surface area contributed by atoms with Gasteiger partial charge in [-0.1, -0.05) is 18.2 Å². The highest BCUT2D eigenvalue weighted by Gasteiger charge is 2.30. The maximum absolute atomic E-state index is 13.7. The van der Waals surface area contributed by atoms with Crippen LogP contribution in [0.25, 0.3) is 11.0 Å².